The van der Waals surface area contributed by atoms with Crippen molar-refractivity contribution in [2.75, 3.05) is 19.6 Å². The van der Waals surface area contributed by atoms with Crippen LogP contribution in [0.25, 0.3) is 175 Å². The predicted molar refractivity (Wildman–Crippen MR) is 541 cm³/mol. The van der Waals surface area contributed by atoms with E-state index >= 15 is 0 Å². The minimum atomic E-state index is 0.589. The highest BCUT2D eigenvalue weighted by Gasteiger charge is 2.33. The molecule has 0 aliphatic carbocycles. The number of aryl methyl sites for hydroxylation is 6. The van der Waals surface area contributed by atoms with Crippen molar-refractivity contribution in [3.63, 3.8) is 0 Å². The van der Waals surface area contributed by atoms with Crippen molar-refractivity contribution in [3.05, 3.63) is 408 Å². The lowest BCUT2D eigenvalue weighted by Gasteiger charge is -2.30. The smallest absolute Gasteiger partial charge is 0.159 e. The lowest BCUT2D eigenvalue weighted by Crippen LogP contribution is -2.14. The summed E-state index contributed by atoms with van der Waals surface area (Å²) in [5.74, 6) is 0. The van der Waals surface area contributed by atoms with Gasteiger partial charge >= 0.3 is 0 Å². The van der Waals surface area contributed by atoms with Crippen LogP contribution < -0.4 is 19.6 Å². The molecule has 0 unspecified atom stereocenters. The van der Waals surface area contributed by atoms with Crippen LogP contribution >= 0.6 is 0 Å². The summed E-state index contributed by atoms with van der Waals surface area (Å²) in [4.78, 5) is 9.64. The summed E-state index contributed by atoms with van der Waals surface area (Å²) < 4.78 is 43.5. The number of furan rings is 6. The van der Waals surface area contributed by atoms with Crippen LogP contribution in [-0.2, 0) is 6.42 Å². The molecular weight excluding hydrogens is 1590 g/mol. The Kier molecular flexibility index (Phi) is 16.5. The normalized spacial score (nSPS) is 12.1. The number of anilines is 12. The first-order chi connectivity index (χ1) is 63.8. The van der Waals surface area contributed by atoms with Gasteiger partial charge in [-0.1, -0.05) is 249 Å². The van der Waals surface area contributed by atoms with Gasteiger partial charge in [0.25, 0.3) is 0 Å². The standard InChI is InChI=1S/C120H82N4O6/c1-68-52-53-73(6)99(60-68)123(97-46-26-42-93-85-34-18-22-50-107(85)129-119(93)97)103-66-111-115(89-38-14-10-30-81(89)103)116-90-39-15-11-31-82(90)104(67-112(116)126-111)124(98-47-27-43-94-86-35-19-23-51-108(86)130-120(94)98)100-61-72(5)56-76(74(100)7)62-75-55-71(4)59-78(63-75)122(96-45-25-41-92-84-33-17-21-49-106(84)128-118(92)96)102-65-110-114(88-37-13-9-29-80(88)102)113-87-36-12-8-28-79(87)101(64-109(113)125-110)121(77-57-69(2)54-70(3)58-77)95-44-24-40-91-83-32-16-20-48-105(83)127-117(91)95/h8-61,63-67H,62H2,1-7H3. The summed E-state index contributed by atoms with van der Waals surface area (Å²) in [5.41, 5.74) is 31.3. The number of hydrogen-bond acceptors (Lipinski definition) is 10. The van der Waals surface area contributed by atoms with E-state index in [2.05, 4.69) is 414 Å². The fourth-order valence-electron chi connectivity index (χ4n) is 21.5. The molecule has 0 saturated carbocycles. The Morgan fingerprint density at radius 2 is 0.477 bits per heavy atom. The van der Waals surface area contributed by atoms with E-state index in [1.54, 1.807) is 0 Å². The maximum atomic E-state index is 7.64. The summed E-state index contributed by atoms with van der Waals surface area (Å²) in [7, 11) is 0. The van der Waals surface area contributed by atoms with E-state index in [-0.39, 0.29) is 0 Å². The number of benzene rings is 20. The van der Waals surface area contributed by atoms with Crippen molar-refractivity contribution in [1.82, 2.24) is 0 Å². The van der Waals surface area contributed by atoms with Gasteiger partial charge < -0.3 is 46.1 Å². The first kappa shape index (κ1) is 74.8. The molecular formula is C120H82N4O6. The molecule has 10 heteroatoms. The highest BCUT2D eigenvalue weighted by atomic mass is 16.4. The number of nitrogens with zero attached hydrogens (tertiary/aromatic N) is 4. The molecule has 6 heterocycles. The van der Waals surface area contributed by atoms with Gasteiger partial charge in [-0.05, 0) is 211 Å². The van der Waals surface area contributed by atoms with Crippen LogP contribution in [0.3, 0.4) is 0 Å². The van der Waals surface area contributed by atoms with Crippen molar-refractivity contribution >= 4 is 243 Å². The minimum absolute atomic E-state index is 0.589. The largest absolute Gasteiger partial charge is 0.456 e. The van der Waals surface area contributed by atoms with E-state index in [0.29, 0.717) is 6.42 Å². The van der Waals surface area contributed by atoms with Crippen LogP contribution in [0.4, 0.5) is 68.2 Å². The third kappa shape index (κ3) is 11.5. The van der Waals surface area contributed by atoms with Gasteiger partial charge in [-0.15, -0.1) is 0 Å². The van der Waals surface area contributed by atoms with Crippen molar-refractivity contribution in [2.24, 2.45) is 0 Å². The minimum Gasteiger partial charge on any atom is -0.456 e. The second-order valence-corrected chi connectivity index (χ2v) is 35.4. The number of fused-ring (bicyclic) bond motifs is 26. The summed E-state index contributed by atoms with van der Waals surface area (Å²) >= 11 is 0. The second-order valence-electron chi connectivity index (χ2n) is 35.4. The van der Waals surface area contributed by atoms with Gasteiger partial charge in [0.15, 0.2) is 22.3 Å². The van der Waals surface area contributed by atoms with Gasteiger partial charge in [-0.3, -0.25) is 0 Å². The van der Waals surface area contributed by atoms with Gasteiger partial charge in [-0.25, -0.2) is 0 Å². The van der Waals surface area contributed by atoms with Gasteiger partial charge in [0.1, 0.15) is 44.7 Å². The Balaban J connectivity index is 0.659. The van der Waals surface area contributed by atoms with Crippen LogP contribution in [0, 0.1) is 48.5 Å². The van der Waals surface area contributed by atoms with Gasteiger partial charge in [0, 0.05) is 133 Å². The molecule has 0 spiro atoms. The highest BCUT2D eigenvalue weighted by Crippen LogP contribution is 2.57. The lowest BCUT2D eigenvalue weighted by atomic mass is 9.93. The molecule has 0 amide bonds. The number of para-hydroxylation sites is 8. The molecule has 618 valence electrons. The Hall–Kier alpha value is -16.6. The number of rotatable bonds is 14. The molecule has 0 atom stereocenters. The average molecular weight is 1680 g/mol. The predicted octanol–water partition coefficient (Wildman–Crippen LogP) is 35.3. The van der Waals surface area contributed by atoms with E-state index in [1.165, 1.54) is 5.56 Å². The zero-order valence-electron chi connectivity index (χ0n) is 72.5. The Morgan fingerprint density at radius 1 is 0.185 bits per heavy atom. The molecule has 0 bridgehead atoms. The third-order valence-corrected chi connectivity index (χ3v) is 27.1. The van der Waals surface area contributed by atoms with Crippen molar-refractivity contribution in [1.29, 1.82) is 0 Å². The first-order valence-corrected chi connectivity index (χ1v) is 44.6. The molecule has 10 nitrogen and oxygen atoms in total. The zero-order chi connectivity index (χ0) is 86.6. The van der Waals surface area contributed by atoms with Crippen LogP contribution in [-0.4, -0.2) is 0 Å². The summed E-state index contributed by atoms with van der Waals surface area (Å²) in [6.45, 7) is 15.5. The Labute approximate surface area is 747 Å². The molecule has 0 fully saturated rings. The van der Waals surface area contributed by atoms with Crippen LogP contribution in [0.5, 0.6) is 0 Å². The molecule has 6 aromatic heterocycles. The van der Waals surface area contributed by atoms with Crippen molar-refractivity contribution in [2.45, 2.75) is 54.9 Å². The van der Waals surface area contributed by atoms with E-state index in [4.69, 9.17) is 26.5 Å². The van der Waals surface area contributed by atoms with Crippen molar-refractivity contribution < 1.29 is 26.5 Å². The number of hydrogen-bond donors (Lipinski definition) is 0. The van der Waals surface area contributed by atoms with Crippen molar-refractivity contribution in [3.8, 4) is 0 Å². The molecule has 0 aliphatic heterocycles. The highest BCUT2D eigenvalue weighted by molar-refractivity contribution is 6.33. The van der Waals surface area contributed by atoms with Gasteiger partial charge in [0.05, 0.1) is 45.5 Å². The molecule has 130 heavy (non-hydrogen) atoms. The Morgan fingerprint density at radius 3 is 0.854 bits per heavy atom. The summed E-state index contributed by atoms with van der Waals surface area (Å²) in [5, 5.41) is 21.1. The quantitative estimate of drug-likeness (QED) is 0.105. The third-order valence-electron chi connectivity index (χ3n) is 27.1. The summed E-state index contributed by atoms with van der Waals surface area (Å²) in [6, 6.07) is 129. The molecule has 20 aromatic carbocycles. The fraction of sp³-hybridized carbons (Fsp3) is 0.0667. The average Bonchev–Trinajstić information content (AvgIpc) is 1.52. The topological polar surface area (TPSA) is 91.8 Å². The molecule has 0 saturated heterocycles. The zero-order valence-corrected chi connectivity index (χ0v) is 72.5. The molecule has 0 aliphatic rings. The SMILES string of the molecule is Cc1cc(C)cc(N(c2cc3oc4cc(N(c5cc(C)cc(Cc6cc(C)cc(N(c7cc8oc9cc(N(c%10cc(C)ccc%10C)c%10cccc%11c%10oc%10ccccc%10%11)c%10ccccc%10c9c8c8ccccc78)c7cccc8c7oc7ccccc78)c6C)c5)c5cccc6c5oc5ccccc56)c5ccccc5c4c3c3ccccc23)c2cccc3c2oc2ccccc23)c1. The lowest BCUT2D eigenvalue weighted by molar-refractivity contribution is 0.667. The van der Waals surface area contributed by atoms with Crippen LogP contribution in [0.15, 0.2) is 384 Å². The molecule has 26 rings (SSSR count). The molecule has 0 radical (unpaired) electrons. The van der Waals surface area contributed by atoms with Crippen LogP contribution in [0.2, 0.25) is 0 Å². The van der Waals surface area contributed by atoms with Crippen LogP contribution in [0.1, 0.15) is 50.1 Å². The molecule has 0 N–H and O–H groups in total. The van der Waals surface area contributed by atoms with Gasteiger partial charge in [0.2, 0.25) is 0 Å². The maximum Gasteiger partial charge on any atom is 0.159 e. The van der Waals surface area contributed by atoms with E-state index in [1.807, 2.05) is 12.1 Å². The van der Waals surface area contributed by atoms with E-state index < -0.39 is 0 Å². The van der Waals surface area contributed by atoms with E-state index in [9.17, 15) is 0 Å². The van der Waals surface area contributed by atoms with Gasteiger partial charge in [-0.2, -0.15) is 0 Å². The summed E-state index contributed by atoms with van der Waals surface area (Å²) in [6.07, 6.45) is 0.589. The van der Waals surface area contributed by atoms with E-state index in [0.717, 1.165) is 287 Å². The second kappa shape index (κ2) is 28.7. The molecule has 26 aromatic rings. The maximum absolute atomic E-state index is 7.64. The Bertz CT molecular complexity index is 9310. The fourth-order valence-corrected chi connectivity index (χ4v) is 21.5. The first-order valence-electron chi connectivity index (χ1n) is 44.6. The monoisotopic (exact) mass is 1670 g/mol.